The summed E-state index contributed by atoms with van der Waals surface area (Å²) in [6.07, 6.45) is 1.90. The lowest BCUT2D eigenvalue weighted by atomic mass is 9.90. The highest BCUT2D eigenvalue weighted by Crippen LogP contribution is 2.31. The summed E-state index contributed by atoms with van der Waals surface area (Å²) in [6.45, 7) is 2.71. The van der Waals surface area contributed by atoms with Crippen LogP contribution >= 0.6 is 0 Å². The smallest absolute Gasteiger partial charge is 0.253 e. The minimum absolute atomic E-state index is 0.0272. The summed E-state index contributed by atoms with van der Waals surface area (Å²) < 4.78 is 11.0. The average molecular weight is 276 g/mol. The number of methoxy groups -OCH3 is 1. The molecule has 1 aromatic carbocycles. The minimum atomic E-state index is -0.181. The Morgan fingerprint density at radius 3 is 2.60 bits per heavy atom. The number of carbonyl (C=O) groups excluding carboxylic acids is 1. The molecule has 1 N–H and O–H groups in total. The number of hydrogen-bond donors (Lipinski definition) is 1. The number of morpholine rings is 1. The predicted molar refractivity (Wildman–Crippen MR) is 76.1 cm³/mol. The van der Waals surface area contributed by atoms with E-state index in [9.17, 15) is 4.79 Å². The van der Waals surface area contributed by atoms with Crippen LogP contribution in [0.1, 0.15) is 12.8 Å². The summed E-state index contributed by atoms with van der Waals surface area (Å²) in [5, 5.41) is 3.34. The van der Waals surface area contributed by atoms with Gasteiger partial charge in [0.15, 0.2) is 0 Å². The van der Waals surface area contributed by atoms with E-state index in [1.807, 2.05) is 29.2 Å². The zero-order valence-electron chi connectivity index (χ0n) is 11.7. The van der Waals surface area contributed by atoms with Gasteiger partial charge in [0, 0.05) is 5.69 Å². The maximum Gasteiger partial charge on any atom is 0.253 e. The van der Waals surface area contributed by atoms with E-state index >= 15 is 0 Å². The number of carbonyl (C=O) groups is 1. The summed E-state index contributed by atoms with van der Waals surface area (Å²) in [5.74, 6) is 0.824. The van der Waals surface area contributed by atoms with Gasteiger partial charge in [-0.25, -0.2) is 0 Å². The molecule has 20 heavy (non-hydrogen) atoms. The van der Waals surface area contributed by atoms with Crippen LogP contribution in [-0.4, -0.2) is 44.9 Å². The lowest BCUT2D eigenvalue weighted by Crippen LogP contribution is -2.58. The first-order valence-electron chi connectivity index (χ1n) is 7.02. The molecule has 0 aromatic heterocycles. The van der Waals surface area contributed by atoms with Crippen molar-refractivity contribution < 1.29 is 14.3 Å². The van der Waals surface area contributed by atoms with Gasteiger partial charge in [-0.2, -0.15) is 0 Å². The SMILES string of the molecule is COc1ccc(N2CC3(CCNCC3)OCC2=O)cc1. The van der Waals surface area contributed by atoms with Crippen molar-refractivity contribution in [2.75, 3.05) is 38.3 Å². The van der Waals surface area contributed by atoms with Gasteiger partial charge in [-0.3, -0.25) is 4.79 Å². The number of anilines is 1. The molecule has 5 heteroatoms. The van der Waals surface area contributed by atoms with Gasteiger partial charge in [-0.05, 0) is 50.2 Å². The number of benzene rings is 1. The van der Waals surface area contributed by atoms with Crippen molar-refractivity contribution in [3.05, 3.63) is 24.3 Å². The Labute approximate surface area is 118 Å². The van der Waals surface area contributed by atoms with Gasteiger partial charge < -0.3 is 19.7 Å². The molecular formula is C15H20N2O3. The number of amides is 1. The lowest BCUT2D eigenvalue weighted by molar-refractivity contribution is -0.141. The Bertz CT molecular complexity index is 480. The van der Waals surface area contributed by atoms with Gasteiger partial charge in [0.05, 0.1) is 19.3 Å². The first-order chi connectivity index (χ1) is 9.72. The largest absolute Gasteiger partial charge is 0.497 e. The molecule has 0 atom stereocenters. The zero-order valence-corrected chi connectivity index (χ0v) is 11.7. The van der Waals surface area contributed by atoms with Crippen LogP contribution in [0, 0.1) is 0 Å². The molecule has 2 heterocycles. The molecular weight excluding hydrogens is 256 g/mol. The van der Waals surface area contributed by atoms with E-state index in [0.29, 0.717) is 6.54 Å². The third kappa shape index (κ3) is 2.51. The summed E-state index contributed by atoms with van der Waals surface area (Å²) in [4.78, 5) is 14.0. The molecule has 5 nitrogen and oxygen atoms in total. The fourth-order valence-electron chi connectivity index (χ4n) is 2.90. The highest BCUT2D eigenvalue weighted by molar-refractivity contribution is 5.95. The van der Waals surface area contributed by atoms with E-state index in [4.69, 9.17) is 9.47 Å². The molecule has 0 unspecified atom stereocenters. The molecule has 1 spiro atoms. The van der Waals surface area contributed by atoms with Crippen molar-refractivity contribution in [2.45, 2.75) is 18.4 Å². The Morgan fingerprint density at radius 2 is 1.95 bits per heavy atom. The molecule has 3 rings (SSSR count). The van der Waals surface area contributed by atoms with Gasteiger partial charge >= 0.3 is 0 Å². The quantitative estimate of drug-likeness (QED) is 0.881. The second kappa shape index (κ2) is 5.42. The van der Waals surface area contributed by atoms with Gasteiger partial charge in [-0.1, -0.05) is 0 Å². The van der Waals surface area contributed by atoms with Crippen LogP contribution in [0.3, 0.4) is 0 Å². The Kier molecular flexibility index (Phi) is 3.63. The molecule has 0 aliphatic carbocycles. The summed E-state index contributed by atoms with van der Waals surface area (Å²) in [6, 6.07) is 7.62. The van der Waals surface area contributed by atoms with Crippen LogP contribution in [0.25, 0.3) is 0 Å². The molecule has 0 bridgehead atoms. The lowest BCUT2D eigenvalue weighted by Gasteiger charge is -2.44. The molecule has 2 aliphatic rings. The fraction of sp³-hybridized carbons (Fsp3) is 0.533. The molecule has 108 valence electrons. The van der Waals surface area contributed by atoms with Gasteiger partial charge in [0.1, 0.15) is 12.4 Å². The molecule has 1 aromatic rings. The van der Waals surface area contributed by atoms with Crippen LogP contribution < -0.4 is 15.0 Å². The normalized spacial score (nSPS) is 22.1. The van der Waals surface area contributed by atoms with Crippen LogP contribution in [0.5, 0.6) is 5.75 Å². The van der Waals surface area contributed by atoms with Gasteiger partial charge in [-0.15, -0.1) is 0 Å². The first-order valence-corrected chi connectivity index (χ1v) is 7.02. The fourth-order valence-corrected chi connectivity index (χ4v) is 2.90. The van der Waals surface area contributed by atoms with Crippen molar-refractivity contribution in [2.24, 2.45) is 0 Å². The Balaban J connectivity index is 1.80. The summed E-state index contributed by atoms with van der Waals surface area (Å²) in [7, 11) is 1.64. The number of nitrogens with zero attached hydrogens (tertiary/aromatic N) is 1. The third-order valence-corrected chi connectivity index (χ3v) is 4.15. The average Bonchev–Trinajstić information content (AvgIpc) is 2.51. The van der Waals surface area contributed by atoms with Gasteiger partial charge in [0.2, 0.25) is 0 Å². The number of nitrogens with one attached hydrogen (secondary N) is 1. The Hall–Kier alpha value is -1.59. The second-order valence-corrected chi connectivity index (χ2v) is 5.40. The molecule has 0 radical (unpaired) electrons. The van der Waals surface area contributed by atoms with Crippen LogP contribution in [0.4, 0.5) is 5.69 Å². The topological polar surface area (TPSA) is 50.8 Å². The van der Waals surface area contributed by atoms with Crippen molar-refractivity contribution in [3.8, 4) is 5.75 Å². The van der Waals surface area contributed by atoms with Crippen molar-refractivity contribution in [1.82, 2.24) is 5.32 Å². The molecule has 1 amide bonds. The minimum Gasteiger partial charge on any atom is -0.497 e. The van der Waals surface area contributed by atoms with Crippen molar-refractivity contribution in [1.29, 1.82) is 0 Å². The van der Waals surface area contributed by atoms with Crippen LogP contribution in [0.15, 0.2) is 24.3 Å². The van der Waals surface area contributed by atoms with E-state index in [0.717, 1.165) is 37.4 Å². The highest BCUT2D eigenvalue weighted by Gasteiger charge is 2.41. The van der Waals surface area contributed by atoms with Crippen molar-refractivity contribution >= 4 is 11.6 Å². The predicted octanol–water partition coefficient (Wildman–Crippen LogP) is 1.18. The zero-order chi connectivity index (χ0) is 14.0. The summed E-state index contributed by atoms with van der Waals surface area (Å²) >= 11 is 0. The second-order valence-electron chi connectivity index (χ2n) is 5.40. The first kappa shape index (κ1) is 13.4. The van der Waals surface area contributed by atoms with Crippen LogP contribution in [0.2, 0.25) is 0 Å². The number of ether oxygens (including phenoxy) is 2. The molecule has 2 aliphatic heterocycles. The number of hydrogen-bond acceptors (Lipinski definition) is 4. The van der Waals surface area contributed by atoms with E-state index < -0.39 is 0 Å². The van der Waals surface area contributed by atoms with Gasteiger partial charge in [0.25, 0.3) is 5.91 Å². The standard InChI is InChI=1S/C15H20N2O3/c1-19-13-4-2-12(3-5-13)17-11-15(20-10-14(17)18)6-8-16-9-7-15/h2-5,16H,6-11H2,1H3. The molecule has 2 fully saturated rings. The number of rotatable bonds is 2. The van der Waals surface area contributed by atoms with E-state index in [-0.39, 0.29) is 18.1 Å². The molecule has 2 saturated heterocycles. The maximum atomic E-state index is 12.1. The van der Waals surface area contributed by atoms with E-state index in [1.54, 1.807) is 7.11 Å². The highest BCUT2D eigenvalue weighted by atomic mass is 16.5. The monoisotopic (exact) mass is 276 g/mol. The van der Waals surface area contributed by atoms with Crippen molar-refractivity contribution in [3.63, 3.8) is 0 Å². The maximum absolute atomic E-state index is 12.1. The van der Waals surface area contributed by atoms with E-state index in [1.165, 1.54) is 0 Å². The Morgan fingerprint density at radius 1 is 1.25 bits per heavy atom. The third-order valence-electron chi connectivity index (χ3n) is 4.15. The number of piperidine rings is 1. The van der Waals surface area contributed by atoms with Crippen LogP contribution in [-0.2, 0) is 9.53 Å². The summed E-state index contributed by atoms with van der Waals surface area (Å²) in [5.41, 5.74) is 0.732. The van der Waals surface area contributed by atoms with E-state index in [2.05, 4.69) is 5.32 Å². The molecule has 0 saturated carbocycles.